The first-order valence-electron chi connectivity index (χ1n) is 10.9. The van der Waals surface area contributed by atoms with Gasteiger partial charge in [0.1, 0.15) is 6.04 Å². The summed E-state index contributed by atoms with van der Waals surface area (Å²) in [6.45, 7) is 2.24. The maximum Gasteiger partial charge on any atom is 1.00 e. The monoisotopic (exact) mass is 420 g/mol. The van der Waals surface area contributed by atoms with E-state index in [4.69, 9.17) is 10.8 Å². The van der Waals surface area contributed by atoms with Gasteiger partial charge in [-0.15, -0.1) is 0 Å². The van der Waals surface area contributed by atoms with Gasteiger partial charge in [0, 0.05) is 6.42 Å². The van der Waals surface area contributed by atoms with Gasteiger partial charge in [0.15, 0.2) is 0 Å². The first-order chi connectivity index (χ1) is 13.5. The van der Waals surface area contributed by atoms with Crippen LogP contribution in [0.25, 0.3) is 0 Å². The number of rotatable bonds is 19. The molecule has 1 atom stereocenters. The Morgan fingerprint density at radius 3 is 1.86 bits per heavy atom. The number of nitrogens with two attached hydrogens (primary N) is 1. The molecule has 0 heterocycles. The average Bonchev–Trinajstić information content (AvgIpc) is 2.64. The Bertz CT molecular complexity index is 476. The van der Waals surface area contributed by atoms with Crippen molar-refractivity contribution in [2.45, 2.75) is 109 Å². The fraction of sp³-hybridized carbons (Fsp3) is 0.773. The molecule has 0 aliphatic heterocycles. The molecule has 0 aromatic rings. The number of unbranched alkanes of at least 4 members (excludes halogenated alkanes) is 11. The number of carbonyl (C=O) groups excluding carboxylic acids is 2. The van der Waals surface area contributed by atoms with E-state index in [0.29, 0.717) is 0 Å². The first-order valence-corrected chi connectivity index (χ1v) is 10.9. The number of carboxylic acid groups (broad SMARTS) is 1. The van der Waals surface area contributed by atoms with Gasteiger partial charge in [0.05, 0.1) is 6.42 Å². The fourth-order valence-electron chi connectivity index (χ4n) is 3.02. The maximum atomic E-state index is 11.7. The third-order valence-corrected chi connectivity index (χ3v) is 4.70. The largest absolute Gasteiger partial charge is 1.00 e. The molecule has 0 aliphatic rings. The van der Waals surface area contributed by atoms with Crippen molar-refractivity contribution < 1.29 is 50.5 Å². The van der Waals surface area contributed by atoms with Gasteiger partial charge in [0.25, 0.3) is 0 Å². The van der Waals surface area contributed by atoms with Gasteiger partial charge >= 0.3 is 35.5 Å². The Morgan fingerprint density at radius 2 is 1.38 bits per heavy atom. The van der Waals surface area contributed by atoms with Gasteiger partial charge < -0.3 is 17.6 Å². The second kappa shape index (κ2) is 21.8. The van der Waals surface area contributed by atoms with Crippen molar-refractivity contribution in [1.82, 2.24) is 5.32 Å². The average molecular weight is 421 g/mol. The molecule has 0 bridgehead atoms. The zero-order valence-electron chi connectivity index (χ0n) is 19.6. The predicted octanol–water partition coefficient (Wildman–Crippen LogP) is 1.59. The maximum absolute atomic E-state index is 11.7. The zero-order valence-corrected chi connectivity index (χ0v) is 20.6. The van der Waals surface area contributed by atoms with Crippen LogP contribution in [0.2, 0.25) is 0 Å². The SMILES string of the molecule is CCCCCCCC/C=C/CCCCCCCC(=O)N[C@@H](CC(N)=O)C(=O)O.[H-].[Na+]. The summed E-state index contributed by atoms with van der Waals surface area (Å²) >= 11 is 0. The molecule has 0 saturated carbocycles. The molecular formula is C22H41N2NaO4. The number of amides is 2. The Balaban J connectivity index is -0.00000364. The van der Waals surface area contributed by atoms with Crippen LogP contribution in [0.3, 0.4) is 0 Å². The standard InChI is InChI=1S/C22H40N2O4.Na.H/c1-2-3-4-5-6-7-8-9-10-11-12-13-14-15-16-17-21(26)24-19(22(27)28)18-20(23)25;;/h9-10,19H,2-8,11-18H2,1H3,(H2,23,25)(H,24,26)(H,27,28);;/q;+1;-1/b10-9+;;/t19-;;/m0../s1. The molecule has 0 spiro atoms. The van der Waals surface area contributed by atoms with E-state index in [2.05, 4.69) is 24.4 Å². The van der Waals surface area contributed by atoms with Crippen molar-refractivity contribution in [2.24, 2.45) is 5.73 Å². The molecule has 0 aromatic heterocycles. The number of hydrogen-bond acceptors (Lipinski definition) is 3. The van der Waals surface area contributed by atoms with E-state index in [0.717, 1.165) is 32.1 Å². The Kier molecular flexibility index (Phi) is 22.9. The third-order valence-electron chi connectivity index (χ3n) is 4.70. The summed E-state index contributed by atoms with van der Waals surface area (Å²) < 4.78 is 0. The molecule has 0 unspecified atom stereocenters. The summed E-state index contributed by atoms with van der Waals surface area (Å²) in [6, 6.07) is -1.23. The molecule has 4 N–H and O–H groups in total. The summed E-state index contributed by atoms with van der Waals surface area (Å²) in [5.41, 5.74) is 4.98. The molecule has 6 nitrogen and oxygen atoms in total. The number of allylic oxidation sites excluding steroid dienone is 2. The van der Waals surface area contributed by atoms with Gasteiger partial charge in [-0.3, -0.25) is 9.59 Å². The molecule has 0 fully saturated rings. The Labute approximate surface area is 200 Å². The van der Waals surface area contributed by atoms with Crippen LogP contribution in [0.1, 0.15) is 105 Å². The summed E-state index contributed by atoms with van der Waals surface area (Å²) in [7, 11) is 0. The van der Waals surface area contributed by atoms with Crippen LogP contribution >= 0.6 is 0 Å². The van der Waals surface area contributed by atoms with E-state index in [1.54, 1.807) is 0 Å². The van der Waals surface area contributed by atoms with Gasteiger partial charge in [-0.05, 0) is 32.1 Å². The molecular weight excluding hydrogens is 379 g/mol. The number of hydrogen-bond donors (Lipinski definition) is 3. The van der Waals surface area contributed by atoms with Crippen LogP contribution in [0.15, 0.2) is 12.2 Å². The van der Waals surface area contributed by atoms with Crippen molar-refractivity contribution in [2.75, 3.05) is 0 Å². The summed E-state index contributed by atoms with van der Waals surface area (Å²) in [5.74, 6) is -2.32. The van der Waals surface area contributed by atoms with E-state index in [1.165, 1.54) is 51.4 Å². The Hall–Kier alpha value is -0.850. The number of nitrogens with one attached hydrogen (secondary N) is 1. The van der Waals surface area contributed by atoms with Crippen LogP contribution in [0.5, 0.6) is 0 Å². The van der Waals surface area contributed by atoms with E-state index in [1.807, 2.05) is 0 Å². The van der Waals surface area contributed by atoms with Gasteiger partial charge in [-0.25, -0.2) is 4.79 Å². The smallest absolute Gasteiger partial charge is 1.00 e. The van der Waals surface area contributed by atoms with Crippen molar-refractivity contribution >= 4 is 17.8 Å². The third kappa shape index (κ3) is 21.7. The van der Waals surface area contributed by atoms with E-state index < -0.39 is 17.9 Å². The van der Waals surface area contributed by atoms with Crippen LogP contribution in [0.4, 0.5) is 0 Å². The van der Waals surface area contributed by atoms with Crippen LogP contribution in [-0.2, 0) is 14.4 Å². The van der Waals surface area contributed by atoms with Gasteiger partial charge in [0.2, 0.25) is 11.8 Å². The van der Waals surface area contributed by atoms with Gasteiger partial charge in [-0.2, -0.15) is 0 Å². The van der Waals surface area contributed by atoms with Gasteiger partial charge in [-0.1, -0.05) is 70.4 Å². The fourth-order valence-corrected chi connectivity index (χ4v) is 3.02. The van der Waals surface area contributed by atoms with Crippen molar-refractivity contribution in [3.8, 4) is 0 Å². The summed E-state index contributed by atoms with van der Waals surface area (Å²) in [6.07, 6.45) is 19.9. The molecule has 0 radical (unpaired) electrons. The topological polar surface area (TPSA) is 109 Å². The molecule has 0 aromatic carbocycles. The van der Waals surface area contributed by atoms with Crippen molar-refractivity contribution in [1.29, 1.82) is 0 Å². The summed E-state index contributed by atoms with van der Waals surface area (Å²) in [4.78, 5) is 33.5. The van der Waals surface area contributed by atoms with Crippen molar-refractivity contribution in [3.05, 3.63) is 12.2 Å². The molecule has 164 valence electrons. The Morgan fingerprint density at radius 1 is 0.897 bits per heavy atom. The number of carbonyl (C=O) groups is 3. The molecule has 0 rings (SSSR count). The molecule has 0 saturated heterocycles. The van der Waals surface area contributed by atoms with E-state index >= 15 is 0 Å². The van der Waals surface area contributed by atoms with Crippen LogP contribution < -0.4 is 40.6 Å². The van der Waals surface area contributed by atoms with Crippen LogP contribution in [-0.4, -0.2) is 28.9 Å². The van der Waals surface area contributed by atoms with Crippen LogP contribution in [0, 0.1) is 0 Å². The zero-order chi connectivity index (χ0) is 21.0. The molecule has 0 aliphatic carbocycles. The minimum atomic E-state index is -1.24. The molecule has 29 heavy (non-hydrogen) atoms. The number of primary amides is 1. The van der Waals surface area contributed by atoms with E-state index in [-0.39, 0.29) is 49.7 Å². The van der Waals surface area contributed by atoms with Crippen molar-refractivity contribution in [3.63, 3.8) is 0 Å². The normalized spacial score (nSPS) is 11.8. The van der Waals surface area contributed by atoms with E-state index in [9.17, 15) is 14.4 Å². The summed E-state index contributed by atoms with van der Waals surface area (Å²) in [5, 5.41) is 11.3. The second-order valence-electron chi connectivity index (χ2n) is 7.46. The molecule has 2 amide bonds. The first kappa shape index (κ1) is 30.3. The molecule has 7 heteroatoms. The second-order valence-corrected chi connectivity index (χ2v) is 7.46. The number of carboxylic acids is 1. The minimum Gasteiger partial charge on any atom is -1.00 e. The predicted molar refractivity (Wildman–Crippen MR) is 114 cm³/mol. The quantitative estimate of drug-likeness (QED) is 0.167. The minimum absolute atomic E-state index is 0. The number of aliphatic carboxylic acids is 1.